The Hall–Kier alpha value is -7.94. The van der Waals surface area contributed by atoms with E-state index in [1.165, 1.54) is 115 Å². The number of hydrogen-bond acceptors (Lipinski definition) is 1. The zero-order valence-electron chi connectivity index (χ0n) is 37.5. The first-order valence-electron chi connectivity index (χ1n) is 24.1. The highest BCUT2D eigenvalue weighted by Gasteiger charge is 2.45. The van der Waals surface area contributed by atoms with Crippen LogP contribution >= 0.6 is 0 Å². The van der Waals surface area contributed by atoms with Gasteiger partial charge in [0.2, 0.25) is 0 Å². The minimum absolute atomic E-state index is 0.480. The molecule has 2 aliphatic carbocycles. The van der Waals surface area contributed by atoms with Gasteiger partial charge in [-0.25, -0.2) is 0 Å². The van der Waals surface area contributed by atoms with Gasteiger partial charge in [0.1, 0.15) is 0 Å². The Bertz CT molecular complexity index is 3560. The fraction of sp³-hybridized carbons (Fsp3) is 0.108. The second kappa shape index (κ2) is 16.2. The van der Waals surface area contributed by atoms with Gasteiger partial charge in [-0.15, -0.1) is 0 Å². The first kappa shape index (κ1) is 39.4. The van der Waals surface area contributed by atoms with Crippen molar-refractivity contribution in [1.29, 1.82) is 0 Å². The summed E-state index contributed by atoms with van der Waals surface area (Å²) in [6.07, 6.45) is 6.45. The lowest BCUT2D eigenvalue weighted by Crippen LogP contribution is -2.28. The van der Waals surface area contributed by atoms with E-state index in [4.69, 9.17) is 0 Å². The normalized spacial score (nSPS) is 14.3. The van der Waals surface area contributed by atoms with Gasteiger partial charge in [-0.1, -0.05) is 201 Å². The van der Waals surface area contributed by atoms with Gasteiger partial charge in [0, 0.05) is 33.4 Å². The fourth-order valence-electron chi connectivity index (χ4n) is 12.2. The van der Waals surface area contributed by atoms with Crippen LogP contribution in [0.15, 0.2) is 237 Å². The summed E-state index contributed by atoms with van der Waals surface area (Å²) < 4.78 is 2.41. The first-order chi connectivity index (χ1) is 33.3. The van der Waals surface area contributed by atoms with Gasteiger partial charge in [0.25, 0.3) is 0 Å². The Morgan fingerprint density at radius 1 is 0.403 bits per heavy atom. The standard InChI is InChI=1S/C65H50N2/c1-4-20-45(21-5-1)52-32-18-22-46-23-19-33-57(64(46)52)55-30-12-16-36-61(55)66(51-42-43-63-58(44-51)56-31-13-17-37-62(56)67(63)49-26-8-3-9-27-49)50-40-38-48(39-41-50)65(47-24-6-2-7-25-47)59-34-14-10-28-53(59)54-29-11-15-35-60(54)65/h2-3,6-19,22-45H,1,4-5,20-21H2. The molecule has 2 aliphatic rings. The van der Waals surface area contributed by atoms with E-state index in [0.717, 1.165) is 22.7 Å². The Morgan fingerprint density at radius 2 is 0.970 bits per heavy atom. The summed E-state index contributed by atoms with van der Waals surface area (Å²) in [6, 6.07) is 88.4. The summed E-state index contributed by atoms with van der Waals surface area (Å²) in [4.78, 5) is 2.51. The molecule has 1 heterocycles. The molecule has 1 saturated carbocycles. The number of aromatic nitrogens is 1. The maximum Gasteiger partial charge on any atom is 0.0713 e. The maximum atomic E-state index is 2.51. The quantitative estimate of drug-likeness (QED) is 0.148. The number of fused-ring (bicyclic) bond motifs is 7. The van der Waals surface area contributed by atoms with Crippen molar-refractivity contribution in [3.05, 3.63) is 264 Å². The molecule has 0 aliphatic heterocycles. The molecule has 0 radical (unpaired) electrons. The monoisotopic (exact) mass is 858 g/mol. The number of para-hydroxylation sites is 3. The van der Waals surface area contributed by atoms with Gasteiger partial charge in [0.15, 0.2) is 0 Å². The number of benzene rings is 10. The molecular formula is C65H50N2. The van der Waals surface area contributed by atoms with E-state index < -0.39 is 5.41 Å². The van der Waals surface area contributed by atoms with Gasteiger partial charge in [0.05, 0.1) is 22.1 Å². The lowest BCUT2D eigenvalue weighted by molar-refractivity contribution is 0.445. The summed E-state index contributed by atoms with van der Waals surface area (Å²) in [5.41, 5.74) is 18.2. The smallest absolute Gasteiger partial charge is 0.0713 e. The molecule has 320 valence electrons. The van der Waals surface area contributed by atoms with E-state index in [9.17, 15) is 0 Å². The van der Waals surface area contributed by atoms with E-state index in [1.807, 2.05) is 0 Å². The molecule has 1 fully saturated rings. The van der Waals surface area contributed by atoms with Crippen LogP contribution in [0.5, 0.6) is 0 Å². The third-order valence-electron chi connectivity index (χ3n) is 15.1. The number of hydrogen-bond donors (Lipinski definition) is 0. The molecule has 2 heteroatoms. The van der Waals surface area contributed by atoms with E-state index in [0.29, 0.717) is 5.92 Å². The molecule has 0 unspecified atom stereocenters. The predicted octanol–water partition coefficient (Wildman–Crippen LogP) is 17.5. The van der Waals surface area contributed by atoms with Crippen LogP contribution in [-0.4, -0.2) is 4.57 Å². The van der Waals surface area contributed by atoms with Gasteiger partial charge in [-0.05, 0) is 129 Å². The molecular weight excluding hydrogens is 809 g/mol. The SMILES string of the molecule is c1ccc(-n2c3ccccc3c3cc(N(c4ccc(C5(c6ccccc6)c6ccccc6-c6ccccc65)cc4)c4ccccc4-c4cccc5cccc(C6CCCCC6)c45)ccc32)cc1. The molecule has 0 amide bonds. The molecule has 11 aromatic rings. The Morgan fingerprint density at radius 3 is 1.72 bits per heavy atom. The minimum Gasteiger partial charge on any atom is -0.310 e. The van der Waals surface area contributed by atoms with Crippen LogP contribution in [-0.2, 0) is 5.41 Å². The van der Waals surface area contributed by atoms with Crippen LogP contribution in [0.2, 0.25) is 0 Å². The summed E-state index contributed by atoms with van der Waals surface area (Å²) in [7, 11) is 0. The molecule has 0 saturated heterocycles. The Balaban J connectivity index is 1.05. The van der Waals surface area contributed by atoms with Crippen molar-refractivity contribution in [2.45, 2.75) is 43.4 Å². The molecule has 1 aromatic heterocycles. The van der Waals surface area contributed by atoms with Crippen LogP contribution in [0.1, 0.15) is 65.8 Å². The molecule has 10 aromatic carbocycles. The highest BCUT2D eigenvalue weighted by molar-refractivity contribution is 6.11. The molecule has 67 heavy (non-hydrogen) atoms. The Kier molecular flexibility index (Phi) is 9.53. The average Bonchev–Trinajstić information content (AvgIpc) is 3.90. The second-order valence-corrected chi connectivity index (χ2v) is 18.6. The lowest BCUT2D eigenvalue weighted by atomic mass is 9.68. The minimum atomic E-state index is -0.480. The zero-order valence-corrected chi connectivity index (χ0v) is 37.5. The highest BCUT2D eigenvalue weighted by atomic mass is 15.1. The predicted molar refractivity (Wildman–Crippen MR) is 282 cm³/mol. The summed E-state index contributed by atoms with van der Waals surface area (Å²) in [6.45, 7) is 0. The summed E-state index contributed by atoms with van der Waals surface area (Å²) >= 11 is 0. The van der Waals surface area contributed by atoms with Crippen molar-refractivity contribution in [3.8, 4) is 27.9 Å². The van der Waals surface area contributed by atoms with Crippen molar-refractivity contribution in [3.63, 3.8) is 0 Å². The zero-order chi connectivity index (χ0) is 44.3. The van der Waals surface area contributed by atoms with Gasteiger partial charge >= 0.3 is 0 Å². The van der Waals surface area contributed by atoms with E-state index >= 15 is 0 Å². The van der Waals surface area contributed by atoms with E-state index in [1.54, 1.807) is 0 Å². The van der Waals surface area contributed by atoms with Crippen LogP contribution in [0.3, 0.4) is 0 Å². The topological polar surface area (TPSA) is 8.17 Å². The van der Waals surface area contributed by atoms with E-state index in [-0.39, 0.29) is 0 Å². The average molecular weight is 859 g/mol. The van der Waals surface area contributed by atoms with E-state index in [2.05, 4.69) is 246 Å². The summed E-state index contributed by atoms with van der Waals surface area (Å²) in [5.74, 6) is 0.571. The Labute approximate surface area is 393 Å². The third kappa shape index (κ3) is 6.24. The van der Waals surface area contributed by atoms with Crippen molar-refractivity contribution in [2.24, 2.45) is 0 Å². The molecule has 0 N–H and O–H groups in total. The molecule has 0 spiro atoms. The van der Waals surface area contributed by atoms with Gasteiger partial charge in [-0.3, -0.25) is 0 Å². The van der Waals surface area contributed by atoms with Crippen molar-refractivity contribution in [1.82, 2.24) is 4.57 Å². The molecule has 0 bridgehead atoms. The van der Waals surface area contributed by atoms with Gasteiger partial charge in [-0.2, -0.15) is 0 Å². The van der Waals surface area contributed by atoms with Crippen molar-refractivity contribution in [2.75, 3.05) is 4.90 Å². The molecule has 0 atom stereocenters. The maximum absolute atomic E-state index is 2.51. The van der Waals surface area contributed by atoms with Crippen LogP contribution < -0.4 is 4.90 Å². The molecule has 2 nitrogen and oxygen atoms in total. The first-order valence-corrected chi connectivity index (χ1v) is 24.1. The fourth-order valence-corrected chi connectivity index (χ4v) is 12.2. The number of anilines is 3. The largest absolute Gasteiger partial charge is 0.310 e. The number of nitrogens with zero attached hydrogens (tertiary/aromatic N) is 2. The third-order valence-corrected chi connectivity index (χ3v) is 15.1. The lowest BCUT2D eigenvalue weighted by Gasteiger charge is -2.34. The number of rotatable bonds is 8. The highest BCUT2D eigenvalue weighted by Crippen LogP contribution is 2.56. The molecule has 13 rings (SSSR count). The van der Waals surface area contributed by atoms with Crippen LogP contribution in [0.25, 0.3) is 60.5 Å². The van der Waals surface area contributed by atoms with Gasteiger partial charge < -0.3 is 9.47 Å². The summed E-state index contributed by atoms with van der Waals surface area (Å²) in [5, 5.41) is 5.17. The van der Waals surface area contributed by atoms with Crippen molar-refractivity contribution < 1.29 is 0 Å². The second-order valence-electron chi connectivity index (χ2n) is 18.6. The van der Waals surface area contributed by atoms with Crippen LogP contribution in [0.4, 0.5) is 17.1 Å². The van der Waals surface area contributed by atoms with Crippen molar-refractivity contribution >= 4 is 49.6 Å². The van der Waals surface area contributed by atoms with Crippen LogP contribution in [0, 0.1) is 0 Å².